The zero-order valence-corrected chi connectivity index (χ0v) is 15.9. The van der Waals surface area contributed by atoms with E-state index in [1.165, 1.54) is 6.20 Å². The van der Waals surface area contributed by atoms with Gasteiger partial charge in [-0.1, -0.05) is 6.07 Å². The van der Waals surface area contributed by atoms with Gasteiger partial charge in [0.25, 0.3) is 5.91 Å². The molecule has 0 atom stereocenters. The maximum absolute atomic E-state index is 12.1. The minimum atomic E-state index is -0.309. The number of aliphatic imine (C=N–C) groups is 1. The lowest BCUT2D eigenvalue weighted by Crippen LogP contribution is -2.21. The molecule has 0 bridgehead atoms. The van der Waals surface area contributed by atoms with E-state index in [1.54, 1.807) is 19.3 Å². The SMILES string of the molecule is CNC(=O)C(=CN)c1cc(/C(Nc2cccc(C)n2)=C2\CCN=C2N)ccn1. The van der Waals surface area contributed by atoms with Gasteiger partial charge >= 0.3 is 0 Å². The monoisotopic (exact) mass is 377 g/mol. The van der Waals surface area contributed by atoms with Crippen molar-refractivity contribution in [1.29, 1.82) is 0 Å². The summed E-state index contributed by atoms with van der Waals surface area (Å²) >= 11 is 0. The Morgan fingerprint density at radius 2 is 2.11 bits per heavy atom. The van der Waals surface area contributed by atoms with Crippen LogP contribution in [0.2, 0.25) is 0 Å². The second kappa shape index (κ2) is 8.34. The molecule has 8 nitrogen and oxygen atoms in total. The van der Waals surface area contributed by atoms with Crippen LogP contribution in [0, 0.1) is 6.92 Å². The summed E-state index contributed by atoms with van der Waals surface area (Å²) < 4.78 is 0. The van der Waals surface area contributed by atoms with Gasteiger partial charge in [-0.15, -0.1) is 0 Å². The zero-order valence-electron chi connectivity index (χ0n) is 15.9. The number of nitrogens with two attached hydrogens (primary N) is 2. The van der Waals surface area contributed by atoms with E-state index in [9.17, 15) is 4.79 Å². The van der Waals surface area contributed by atoms with Crippen LogP contribution in [-0.4, -0.2) is 35.3 Å². The molecular weight excluding hydrogens is 354 g/mol. The summed E-state index contributed by atoms with van der Waals surface area (Å²) in [6.45, 7) is 2.56. The number of hydrogen-bond acceptors (Lipinski definition) is 7. The molecule has 0 radical (unpaired) electrons. The van der Waals surface area contributed by atoms with Crippen LogP contribution in [0.5, 0.6) is 0 Å². The van der Waals surface area contributed by atoms with Crippen molar-refractivity contribution in [2.75, 3.05) is 18.9 Å². The number of pyridine rings is 2. The molecule has 3 rings (SSSR count). The molecule has 0 unspecified atom stereocenters. The molecule has 8 heteroatoms. The maximum atomic E-state index is 12.1. The summed E-state index contributed by atoms with van der Waals surface area (Å²) in [4.78, 5) is 25.2. The largest absolute Gasteiger partial charge is 0.404 e. The number of hydrogen-bond donors (Lipinski definition) is 4. The molecule has 0 aromatic carbocycles. The number of nitrogens with one attached hydrogen (secondary N) is 2. The molecule has 1 aliphatic heterocycles. The van der Waals surface area contributed by atoms with Crippen molar-refractivity contribution in [1.82, 2.24) is 15.3 Å². The molecule has 0 saturated carbocycles. The predicted octanol–water partition coefficient (Wildman–Crippen LogP) is 1.41. The number of aryl methyl sites for hydroxylation is 1. The summed E-state index contributed by atoms with van der Waals surface area (Å²) in [6.07, 6.45) is 3.59. The van der Waals surface area contributed by atoms with Crippen molar-refractivity contribution in [2.24, 2.45) is 16.5 Å². The van der Waals surface area contributed by atoms with E-state index in [0.717, 1.165) is 22.5 Å². The Labute approximate surface area is 163 Å². The molecule has 1 aliphatic rings. The summed E-state index contributed by atoms with van der Waals surface area (Å²) in [6, 6.07) is 9.38. The highest BCUT2D eigenvalue weighted by Gasteiger charge is 2.19. The van der Waals surface area contributed by atoms with Crippen molar-refractivity contribution >= 4 is 28.8 Å². The van der Waals surface area contributed by atoms with Crippen molar-refractivity contribution in [3.63, 3.8) is 0 Å². The number of aromatic nitrogens is 2. The fourth-order valence-corrected chi connectivity index (χ4v) is 2.97. The smallest absolute Gasteiger partial charge is 0.254 e. The number of likely N-dealkylation sites (N-methyl/N-ethyl adjacent to an activating group) is 1. The second-order valence-corrected chi connectivity index (χ2v) is 6.25. The van der Waals surface area contributed by atoms with Crippen LogP contribution in [-0.2, 0) is 4.79 Å². The first-order valence-electron chi connectivity index (χ1n) is 8.88. The first-order chi connectivity index (χ1) is 13.5. The van der Waals surface area contributed by atoms with E-state index in [1.807, 2.05) is 31.2 Å². The lowest BCUT2D eigenvalue weighted by Gasteiger charge is -2.16. The molecule has 144 valence electrons. The van der Waals surface area contributed by atoms with Crippen molar-refractivity contribution < 1.29 is 4.79 Å². The van der Waals surface area contributed by atoms with E-state index in [4.69, 9.17) is 11.5 Å². The standard InChI is InChI=1S/C20H23N7O/c1-12-4-3-5-17(26-12)27-18(14-7-9-25-19(14)22)13-6-8-24-16(10-13)15(11-21)20(28)23-2/h3-6,8,10-11H,7,9,21H2,1-2H3,(H2,22,25)(H,23,28)(H,26,27)/b15-11?,18-14-. The minimum Gasteiger partial charge on any atom is -0.404 e. The van der Waals surface area contributed by atoms with E-state index < -0.39 is 0 Å². The Morgan fingerprint density at radius 3 is 2.75 bits per heavy atom. The van der Waals surface area contributed by atoms with E-state index in [-0.39, 0.29) is 11.5 Å². The summed E-state index contributed by atoms with van der Waals surface area (Å²) in [5.74, 6) is 0.882. The van der Waals surface area contributed by atoms with Crippen LogP contribution in [0.3, 0.4) is 0 Å². The molecule has 2 aromatic rings. The molecule has 0 aliphatic carbocycles. The third-order valence-electron chi connectivity index (χ3n) is 4.36. The van der Waals surface area contributed by atoms with Crippen molar-refractivity contribution in [3.8, 4) is 0 Å². The molecule has 0 spiro atoms. The maximum Gasteiger partial charge on any atom is 0.254 e. The third kappa shape index (κ3) is 4.01. The first kappa shape index (κ1) is 19.1. The molecule has 3 heterocycles. The van der Waals surface area contributed by atoms with Gasteiger partial charge in [0.15, 0.2) is 0 Å². The zero-order chi connectivity index (χ0) is 20.1. The molecule has 0 fully saturated rings. The summed E-state index contributed by atoms with van der Waals surface area (Å²) in [5.41, 5.74) is 15.9. The summed E-state index contributed by atoms with van der Waals surface area (Å²) in [7, 11) is 1.55. The van der Waals surface area contributed by atoms with Crippen LogP contribution < -0.4 is 22.1 Å². The van der Waals surface area contributed by atoms with E-state index in [0.29, 0.717) is 30.3 Å². The average Bonchev–Trinajstić information content (AvgIpc) is 3.12. The Hall–Kier alpha value is -3.68. The number of nitrogens with zero attached hydrogens (tertiary/aromatic N) is 3. The van der Waals surface area contributed by atoms with Crippen LogP contribution in [0.15, 0.2) is 53.3 Å². The quantitative estimate of drug-likeness (QED) is 0.583. The van der Waals surface area contributed by atoms with Gasteiger partial charge < -0.3 is 22.1 Å². The number of carbonyl (C=O) groups is 1. The highest BCUT2D eigenvalue weighted by Crippen LogP contribution is 2.27. The van der Waals surface area contributed by atoms with Gasteiger partial charge in [0.2, 0.25) is 0 Å². The molecule has 6 N–H and O–H groups in total. The van der Waals surface area contributed by atoms with Gasteiger partial charge in [-0.3, -0.25) is 14.8 Å². The highest BCUT2D eigenvalue weighted by molar-refractivity contribution is 6.18. The fraction of sp³-hybridized carbons (Fsp3) is 0.200. The molecule has 0 saturated heterocycles. The topological polar surface area (TPSA) is 131 Å². The Balaban J connectivity index is 2.08. The van der Waals surface area contributed by atoms with Gasteiger partial charge in [0.05, 0.1) is 17.0 Å². The first-order valence-corrected chi connectivity index (χ1v) is 8.88. The molecular formula is C20H23N7O. The van der Waals surface area contributed by atoms with Crippen LogP contribution in [0.4, 0.5) is 5.82 Å². The molecule has 2 aromatic heterocycles. The van der Waals surface area contributed by atoms with E-state index in [2.05, 4.69) is 25.6 Å². The van der Waals surface area contributed by atoms with Gasteiger partial charge in [-0.2, -0.15) is 0 Å². The number of carbonyl (C=O) groups excluding carboxylic acids is 1. The van der Waals surface area contributed by atoms with Gasteiger partial charge in [-0.05, 0) is 37.6 Å². The van der Waals surface area contributed by atoms with Crippen LogP contribution >= 0.6 is 0 Å². The van der Waals surface area contributed by atoms with Crippen LogP contribution in [0.1, 0.15) is 23.4 Å². The number of amides is 1. The third-order valence-corrected chi connectivity index (χ3v) is 4.36. The molecule has 28 heavy (non-hydrogen) atoms. The average molecular weight is 377 g/mol. The van der Waals surface area contributed by atoms with Crippen molar-refractivity contribution in [2.45, 2.75) is 13.3 Å². The summed E-state index contributed by atoms with van der Waals surface area (Å²) in [5, 5.41) is 5.93. The molecule has 1 amide bonds. The van der Waals surface area contributed by atoms with Gasteiger partial charge in [0.1, 0.15) is 11.7 Å². The minimum absolute atomic E-state index is 0.287. The lowest BCUT2D eigenvalue weighted by atomic mass is 10.0. The number of amidine groups is 1. The normalized spacial score (nSPS) is 15.8. The fourth-order valence-electron chi connectivity index (χ4n) is 2.97. The second-order valence-electron chi connectivity index (χ2n) is 6.25. The number of anilines is 1. The van der Waals surface area contributed by atoms with Gasteiger partial charge in [-0.25, -0.2) is 4.98 Å². The Morgan fingerprint density at radius 1 is 1.29 bits per heavy atom. The van der Waals surface area contributed by atoms with Crippen molar-refractivity contribution in [3.05, 3.63) is 65.3 Å². The Kier molecular flexibility index (Phi) is 5.69. The lowest BCUT2D eigenvalue weighted by molar-refractivity contribution is -0.115. The van der Waals surface area contributed by atoms with E-state index >= 15 is 0 Å². The van der Waals surface area contributed by atoms with Gasteiger partial charge in [0, 0.05) is 42.8 Å². The predicted molar refractivity (Wildman–Crippen MR) is 111 cm³/mol. The highest BCUT2D eigenvalue weighted by atomic mass is 16.1. The number of rotatable bonds is 5. The van der Waals surface area contributed by atoms with Crippen LogP contribution in [0.25, 0.3) is 11.3 Å². The Bertz CT molecular complexity index is 992.